The molecule has 1 N–H and O–H groups in total. The molecule has 0 unspecified atom stereocenters. The van der Waals surface area contributed by atoms with Gasteiger partial charge < -0.3 is 5.32 Å². The summed E-state index contributed by atoms with van der Waals surface area (Å²) < 4.78 is 39.6. The third-order valence-corrected chi connectivity index (χ3v) is 3.53. The summed E-state index contributed by atoms with van der Waals surface area (Å²) >= 11 is 3.38. The highest BCUT2D eigenvalue weighted by atomic mass is 79.9. The first-order chi connectivity index (χ1) is 9.91. The van der Waals surface area contributed by atoms with E-state index in [1.54, 1.807) is 6.07 Å². The first kappa shape index (κ1) is 16.0. The van der Waals surface area contributed by atoms with Gasteiger partial charge in [-0.05, 0) is 52.7 Å². The smallest absolute Gasteiger partial charge is 0.313 e. The van der Waals surface area contributed by atoms with Crippen LogP contribution in [0, 0.1) is 0 Å². The van der Waals surface area contributed by atoms with E-state index >= 15 is 0 Å². The van der Waals surface area contributed by atoms with Gasteiger partial charge in [-0.3, -0.25) is 0 Å². The Balaban J connectivity index is 2.19. The van der Waals surface area contributed by atoms with Crippen LogP contribution in [-0.2, 0) is 12.7 Å². The summed E-state index contributed by atoms with van der Waals surface area (Å²) in [6, 6.07) is 6.47. The molecule has 114 valence electrons. The van der Waals surface area contributed by atoms with Crippen molar-refractivity contribution in [3.63, 3.8) is 0 Å². The second kappa shape index (κ2) is 6.62. The second-order valence-electron chi connectivity index (χ2n) is 4.61. The lowest BCUT2D eigenvalue weighted by atomic mass is 10.2. The first-order valence-corrected chi connectivity index (χ1v) is 7.33. The van der Waals surface area contributed by atoms with Gasteiger partial charge in [0.2, 0.25) is 0 Å². The number of hydrogen-bond acceptors (Lipinski definition) is 2. The third kappa shape index (κ3) is 4.07. The van der Waals surface area contributed by atoms with Gasteiger partial charge in [-0.25, -0.2) is 4.68 Å². The fraction of sp³-hybridized carbons (Fsp3) is 0.357. The lowest BCUT2D eigenvalue weighted by Gasteiger charge is -2.09. The van der Waals surface area contributed by atoms with Crippen LogP contribution in [0.5, 0.6) is 0 Å². The molecule has 0 spiro atoms. The predicted octanol–water partition coefficient (Wildman–Crippen LogP) is 4.15. The van der Waals surface area contributed by atoms with E-state index in [-0.39, 0.29) is 0 Å². The van der Waals surface area contributed by atoms with Gasteiger partial charge in [0.05, 0.1) is 5.69 Å². The van der Waals surface area contributed by atoms with Gasteiger partial charge in [-0.2, -0.15) is 18.3 Å². The highest BCUT2D eigenvalue weighted by molar-refractivity contribution is 9.10. The van der Waals surface area contributed by atoms with Gasteiger partial charge in [0.25, 0.3) is 0 Å². The van der Waals surface area contributed by atoms with E-state index in [4.69, 9.17) is 0 Å². The average molecular weight is 362 g/mol. The van der Waals surface area contributed by atoms with E-state index in [9.17, 15) is 13.2 Å². The molecule has 0 saturated carbocycles. The molecule has 1 aromatic heterocycles. The van der Waals surface area contributed by atoms with Crippen molar-refractivity contribution in [1.29, 1.82) is 0 Å². The third-order valence-electron chi connectivity index (χ3n) is 2.89. The Morgan fingerprint density at radius 3 is 2.62 bits per heavy atom. The first-order valence-electron chi connectivity index (χ1n) is 6.54. The van der Waals surface area contributed by atoms with E-state index in [0.717, 1.165) is 31.1 Å². The molecule has 0 aliphatic carbocycles. The van der Waals surface area contributed by atoms with Crippen molar-refractivity contribution in [3.05, 3.63) is 46.2 Å². The van der Waals surface area contributed by atoms with Crippen LogP contribution in [0.2, 0.25) is 0 Å². The number of halogens is 4. The number of aromatic nitrogens is 2. The van der Waals surface area contributed by atoms with Gasteiger partial charge in [-0.1, -0.05) is 13.0 Å². The molecule has 21 heavy (non-hydrogen) atoms. The maximum atomic E-state index is 12.6. The Labute approximate surface area is 129 Å². The van der Waals surface area contributed by atoms with Gasteiger partial charge in [-0.15, -0.1) is 0 Å². The molecule has 7 heteroatoms. The number of nitrogens with one attached hydrogen (secondary N) is 1. The van der Waals surface area contributed by atoms with Crippen LogP contribution in [-0.4, -0.2) is 16.3 Å². The van der Waals surface area contributed by atoms with Crippen LogP contribution in [0.4, 0.5) is 13.2 Å². The fourth-order valence-corrected chi connectivity index (χ4v) is 2.47. The zero-order valence-corrected chi connectivity index (χ0v) is 13.0. The second-order valence-corrected chi connectivity index (χ2v) is 5.46. The summed E-state index contributed by atoms with van der Waals surface area (Å²) in [5, 5.41) is 6.83. The predicted molar refractivity (Wildman–Crippen MR) is 78.3 cm³/mol. The summed E-state index contributed by atoms with van der Waals surface area (Å²) in [5.74, 6) is 0. The van der Waals surface area contributed by atoms with Crippen molar-refractivity contribution in [2.45, 2.75) is 26.1 Å². The van der Waals surface area contributed by atoms with Crippen molar-refractivity contribution in [2.24, 2.45) is 0 Å². The number of benzene rings is 1. The van der Waals surface area contributed by atoms with E-state index in [2.05, 4.69) is 33.3 Å². The Morgan fingerprint density at radius 1 is 1.29 bits per heavy atom. The molecule has 0 aliphatic rings. The Kier molecular flexibility index (Phi) is 5.05. The lowest BCUT2D eigenvalue weighted by Crippen LogP contribution is -2.13. The Hall–Kier alpha value is -1.34. The molecule has 3 nitrogen and oxygen atoms in total. The minimum Gasteiger partial charge on any atom is -0.313 e. The van der Waals surface area contributed by atoms with Crippen LogP contribution in [0.15, 0.2) is 34.9 Å². The van der Waals surface area contributed by atoms with E-state index in [1.807, 2.05) is 12.1 Å². The molecule has 0 bridgehead atoms. The zero-order valence-electron chi connectivity index (χ0n) is 11.4. The lowest BCUT2D eigenvalue weighted by molar-refractivity contribution is -0.141. The molecule has 0 saturated heterocycles. The van der Waals surface area contributed by atoms with Crippen molar-refractivity contribution in [2.75, 3.05) is 6.54 Å². The van der Waals surface area contributed by atoms with Crippen molar-refractivity contribution in [1.82, 2.24) is 15.1 Å². The molecule has 0 aliphatic heterocycles. The summed E-state index contributed by atoms with van der Waals surface area (Å²) in [5.41, 5.74) is 0.732. The molecule has 0 fully saturated rings. The normalized spacial score (nSPS) is 11.9. The molecule has 0 amide bonds. The highest BCUT2D eigenvalue weighted by Gasteiger charge is 2.33. The summed E-state index contributed by atoms with van der Waals surface area (Å²) in [6.45, 7) is 3.73. The molecule has 1 heterocycles. The summed E-state index contributed by atoms with van der Waals surface area (Å²) in [6.07, 6.45) is -2.08. The molecule has 0 atom stereocenters. The number of rotatable bonds is 5. The fourth-order valence-electron chi connectivity index (χ4n) is 1.86. The summed E-state index contributed by atoms with van der Waals surface area (Å²) in [7, 11) is 0. The van der Waals surface area contributed by atoms with Gasteiger partial charge in [0, 0.05) is 17.2 Å². The van der Waals surface area contributed by atoms with E-state index in [1.165, 1.54) is 10.9 Å². The standard InChI is InChI=1S/C14H15BrF3N3/c1-2-6-19-9-10-3-4-12(11(15)8-10)21-7-5-13(20-21)14(16,17)18/h3-5,7-8,19H,2,6,9H2,1H3. The van der Waals surface area contributed by atoms with Gasteiger partial charge >= 0.3 is 6.18 Å². The van der Waals surface area contributed by atoms with Crippen LogP contribution >= 0.6 is 15.9 Å². The largest absolute Gasteiger partial charge is 0.435 e. The van der Waals surface area contributed by atoms with Crippen LogP contribution in [0.25, 0.3) is 5.69 Å². The number of hydrogen-bond donors (Lipinski definition) is 1. The van der Waals surface area contributed by atoms with Crippen LogP contribution < -0.4 is 5.32 Å². The molecule has 2 rings (SSSR count). The van der Waals surface area contributed by atoms with E-state index < -0.39 is 11.9 Å². The Bertz CT molecular complexity index is 608. The van der Waals surface area contributed by atoms with Crippen LogP contribution in [0.3, 0.4) is 0 Å². The Morgan fingerprint density at radius 2 is 2.05 bits per heavy atom. The minimum atomic E-state index is -4.43. The summed E-state index contributed by atoms with van der Waals surface area (Å²) in [4.78, 5) is 0. The maximum absolute atomic E-state index is 12.6. The molecule has 1 aromatic carbocycles. The average Bonchev–Trinajstić information content (AvgIpc) is 2.88. The topological polar surface area (TPSA) is 29.9 Å². The molecular formula is C14H15BrF3N3. The molecular weight excluding hydrogens is 347 g/mol. The monoisotopic (exact) mass is 361 g/mol. The van der Waals surface area contributed by atoms with Crippen LogP contribution in [0.1, 0.15) is 24.6 Å². The van der Waals surface area contributed by atoms with Gasteiger partial charge in [0.1, 0.15) is 0 Å². The molecule has 2 aromatic rings. The van der Waals surface area contributed by atoms with Crippen molar-refractivity contribution in [3.8, 4) is 5.69 Å². The van der Waals surface area contributed by atoms with E-state index in [0.29, 0.717) is 10.2 Å². The number of alkyl halides is 3. The quantitative estimate of drug-likeness (QED) is 0.810. The van der Waals surface area contributed by atoms with Crippen molar-refractivity contribution >= 4 is 15.9 Å². The highest BCUT2D eigenvalue weighted by Crippen LogP contribution is 2.29. The van der Waals surface area contributed by atoms with Crippen molar-refractivity contribution < 1.29 is 13.2 Å². The van der Waals surface area contributed by atoms with Gasteiger partial charge in [0.15, 0.2) is 5.69 Å². The zero-order chi connectivity index (χ0) is 15.5. The molecule has 0 radical (unpaired) electrons. The number of nitrogens with zero attached hydrogens (tertiary/aromatic N) is 2. The SMILES string of the molecule is CCCNCc1ccc(-n2ccc(C(F)(F)F)n2)c(Br)c1. The minimum absolute atomic E-state index is 0.574. The maximum Gasteiger partial charge on any atom is 0.435 e.